The number of benzene rings is 1. The maximum atomic E-state index is 12.2. The summed E-state index contributed by atoms with van der Waals surface area (Å²) in [5.41, 5.74) is 0.907. The van der Waals surface area contributed by atoms with Gasteiger partial charge in [0, 0.05) is 10.9 Å². The molecule has 4 heteroatoms. The van der Waals surface area contributed by atoms with Crippen molar-refractivity contribution in [1.82, 2.24) is 0 Å². The van der Waals surface area contributed by atoms with Crippen LogP contribution in [0.3, 0.4) is 0 Å². The molecule has 0 N–H and O–H groups in total. The minimum Gasteiger partial charge on any atom is -0.468 e. The number of ether oxygens (including phenoxy) is 1. The van der Waals surface area contributed by atoms with Gasteiger partial charge in [-0.05, 0) is 24.1 Å². The Balaban J connectivity index is 2.73. The molecule has 0 amide bonds. The van der Waals surface area contributed by atoms with Gasteiger partial charge in [0.25, 0.3) is 0 Å². The second kappa shape index (κ2) is 8.10. The molecule has 1 aromatic rings. The minimum atomic E-state index is -0.635. The van der Waals surface area contributed by atoms with Crippen LogP contribution in [0.2, 0.25) is 0 Å². The van der Waals surface area contributed by atoms with Gasteiger partial charge in [0.15, 0.2) is 5.78 Å². The molecule has 0 spiro atoms. The van der Waals surface area contributed by atoms with Gasteiger partial charge < -0.3 is 4.74 Å². The molecular formula is C15H19BrO3. The smallest absolute Gasteiger partial charge is 0.316 e. The molecule has 0 radical (unpaired) electrons. The number of hydrogen-bond donors (Lipinski definition) is 0. The number of esters is 1. The molecule has 0 aliphatic rings. The van der Waals surface area contributed by atoms with Gasteiger partial charge in [-0.3, -0.25) is 9.59 Å². The second-order valence-corrected chi connectivity index (χ2v) is 5.41. The fourth-order valence-electron chi connectivity index (χ4n) is 1.93. The van der Waals surface area contributed by atoms with Crippen molar-refractivity contribution < 1.29 is 14.3 Å². The molecule has 3 nitrogen and oxygen atoms in total. The monoisotopic (exact) mass is 326 g/mol. The third kappa shape index (κ3) is 5.15. The summed E-state index contributed by atoms with van der Waals surface area (Å²) in [5, 5.41) is 0. The summed E-state index contributed by atoms with van der Waals surface area (Å²) >= 11 is 3.37. The Labute approximate surface area is 122 Å². The highest BCUT2D eigenvalue weighted by Crippen LogP contribution is 2.17. The van der Waals surface area contributed by atoms with Gasteiger partial charge in [0.1, 0.15) is 5.92 Å². The molecular weight excluding hydrogens is 308 g/mol. The molecule has 0 aromatic heterocycles. The van der Waals surface area contributed by atoms with E-state index in [4.69, 9.17) is 4.74 Å². The van der Waals surface area contributed by atoms with Crippen LogP contribution in [0.1, 0.15) is 31.7 Å². The Morgan fingerprint density at radius 2 is 2.11 bits per heavy atom. The quantitative estimate of drug-likeness (QED) is 0.568. The lowest BCUT2D eigenvalue weighted by Crippen LogP contribution is -2.26. The SMILES string of the molecule is CCCCC(C(=O)Cc1cccc(Br)c1)C(=O)OC. The van der Waals surface area contributed by atoms with E-state index in [1.807, 2.05) is 31.2 Å². The van der Waals surface area contributed by atoms with Crippen LogP contribution in [0.15, 0.2) is 28.7 Å². The van der Waals surface area contributed by atoms with Gasteiger partial charge in [0.2, 0.25) is 0 Å². The van der Waals surface area contributed by atoms with Crippen molar-refractivity contribution in [3.05, 3.63) is 34.3 Å². The van der Waals surface area contributed by atoms with Crippen LogP contribution >= 0.6 is 15.9 Å². The molecule has 0 aliphatic heterocycles. The summed E-state index contributed by atoms with van der Waals surface area (Å²) in [6.45, 7) is 2.03. The third-order valence-electron chi connectivity index (χ3n) is 2.99. The fraction of sp³-hybridized carbons (Fsp3) is 0.467. The molecule has 1 rings (SSSR count). The van der Waals surface area contributed by atoms with Crippen molar-refractivity contribution in [3.63, 3.8) is 0 Å². The maximum Gasteiger partial charge on any atom is 0.316 e. The predicted octanol–water partition coefficient (Wildman–Crippen LogP) is 3.54. The van der Waals surface area contributed by atoms with E-state index in [2.05, 4.69) is 15.9 Å². The Hall–Kier alpha value is -1.16. The fourth-order valence-corrected chi connectivity index (χ4v) is 2.38. The average molecular weight is 327 g/mol. The highest BCUT2D eigenvalue weighted by molar-refractivity contribution is 9.10. The number of hydrogen-bond acceptors (Lipinski definition) is 3. The van der Waals surface area contributed by atoms with E-state index >= 15 is 0 Å². The number of ketones is 1. The Morgan fingerprint density at radius 1 is 1.37 bits per heavy atom. The second-order valence-electron chi connectivity index (χ2n) is 4.49. The Morgan fingerprint density at radius 3 is 2.68 bits per heavy atom. The summed E-state index contributed by atoms with van der Waals surface area (Å²) in [6.07, 6.45) is 2.64. The molecule has 1 atom stereocenters. The highest BCUT2D eigenvalue weighted by Gasteiger charge is 2.26. The van der Waals surface area contributed by atoms with Crippen molar-refractivity contribution in [1.29, 1.82) is 0 Å². The first-order valence-corrected chi connectivity index (χ1v) is 7.22. The van der Waals surface area contributed by atoms with Crippen LogP contribution in [-0.2, 0) is 20.7 Å². The van der Waals surface area contributed by atoms with Crippen LogP contribution in [-0.4, -0.2) is 18.9 Å². The van der Waals surface area contributed by atoms with E-state index in [0.29, 0.717) is 6.42 Å². The van der Waals surface area contributed by atoms with Crippen molar-refractivity contribution in [2.75, 3.05) is 7.11 Å². The lowest BCUT2D eigenvalue weighted by atomic mass is 9.93. The molecule has 0 aliphatic carbocycles. The van der Waals surface area contributed by atoms with Crippen LogP contribution in [0.5, 0.6) is 0 Å². The molecule has 0 fully saturated rings. The Kier molecular flexibility index (Phi) is 6.78. The van der Waals surface area contributed by atoms with Gasteiger partial charge >= 0.3 is 5.97 Å². The summed E-state index contributed by atoms with van der Waals surface area (Å²) in [7, 11) is 1.33. The molecule has 0 bridgehead atoms. The largest absolute Gasteiger partial charge is 0.468 e. The summed E-state index contributed by atoms with van der Waals surface area (Å²) < 4.78 is 5.65. The lowest BCUT2D eigenvalue weighted by molar-refractivity contribution is -0.149. The van der Waals surface area contributed by atoms with E-state index in [1.54, 1.807) is 0 Å². The van der Waals surface area contributed by atoms with E-state index in [1.165, 1.54) is 7.11 Å². The van der Waals surface area contributed by atoms with Crippen molar-refractivity contribution in [3.8, 4) is 0 Å². The first kappa shape index (κ1) is 15.9. The zero-order chi connectivity index (χ0) is 14.3. The minimum absolute atomic E-state index is 0.0709. The number of halogens is 1. The van der Waals surface area contributed by atoms with Crippen molar-refractivity contribution >= 4 is 27.7 Å². The van der Waals surface area contributed by atoms with Crippen LogP contribution in [0.4, 0.5) is 0 Å². The first-order chi connectivity index (χ1) is 9.08. The standard InChI is InChI=1S/C15H19BrO3/c1-3-4-8-13(15(18)19-2)14(17)10-11-6-5-7-12(16)9-11/h5-7,9,13H,3-4,8,10H2,1-2H3. The number of unbranched alkanes of at least 4 members (excludes halogenated alkanes) is 1. The molecule has 19 heavy (non-hydrogen) atoms. The average Bonchev–Trinajstić information content (AvgIpc) is 2.38. The number of Topliss-reactive ketones (excluding diaryl/α,β-unsaturated/α-hetero) is 1. The van der Waals surface area contributed by atoms with Gasteiger partial charge in [-0.25, -0.2) is 0 Å². The molecule has 104 valence electrons. The zero-order valence-corrected chi connectivity index (χ0v) is 12.9. The Bertz CT molecular complexity index is 443. The van der Waals surface area contributed by atoms with Gasteiger partial charge in [0.05, 0.1) is 7.11 Å². The summed E-state index contributed by atoms with van der Waals surface area (Å²) in [4.78, 5) is 23.9. The molecule has 0 saturated carbocycles. The van der Waals surface area contributed by atoms with Crippen molar-refractivity contribution in [2.45, 2.75) is 32.6 Å². The van der Waals surface area contributed by atoms with Crippen LogP contribution < -0.4 is 0 Å². The van der Waals surface area contributed by atoms with Crippen LogP contribution in [0.25, 0.3) is 0 Å². The number of methoxy groups -OCH3 is 1. The number of carbonyl (C=O) groups is 2. The molecule has 0 saturated heterocycles. The topological polar surface area (TPSA) is 43.4 Å². The van der Waals surface area contributed by atoms with E-state index in [0.717, 1.165) is 22.9 Å². The summed E-state index contributed by atoms with van der Waals surface area (Å²) in [5.74, 6) is -1.13. The van der Waals surface area contributed by atoms with E-state index < -0.39 is 11.9 Å². The molecule has 1 unspecified atom stereocenters. The van der Waals surface area contributed by atoms with E-state index in [-0.39, 0.29) is 12.2 Å². The first-order valence-electron chi connectivity index (χ1n) is 6.43. The number of carbonyl (C=O) groups excluding carboxylic acids is 2. The van der Waals surface area contributed by atoms with Crippen molar-refractivity contribution in [2.24, 2.45) is 5.92 Å². The predicted molar refractivity (Wildman–Crippen MR) is 77.9 cm³/mol. The molecule has 1 aromatic carbocycles. The van der Waals surface area contributed by atoms with Gasteiger partial charge in [-0.2, -0.15) is 0 Å². The van der Waals surface area contributed by atoms with Gasteiger partial charge in [-0.15, -0.1) is 0 Å². The number of rotatable bonds is 7. The summed E-state index contributed by atoms with van der Waals surface area (Å²) in [6, 6.07) is 7.57. The highest BCUT2D eigenvalue weighted by atomic mass is 79.9. The molecule has 0 heterocycles. The third-order valence-corrected chi connectivity index (χ3v) is 3.48. The normalized spacial score (nSPS) is 11.9. The zero-order valence-electron chi connectivity index (χ0n) is 11.3. The van der Waals surface area contributed by atoms with Gasteiger partial charge in [-0.1, -0.05) is 47.8 Å². The lowest BCUT2D eigenvalue weighted by Gasteiger charge is -2.13. The van der Waals surface area contributed by atoms with E-state index in [9.17, 15) is 9.59 Å². The van der Waals surface area contributed by atoms with Crippen LogP contribution in [0, 0.1) is 5.92 Å². The maximum absolute atomic E-state index is 12.2.